The minimum Gasteiger partial charge on any atom is -0.334 e. The Hall–Kier alpha value is -2.57. The molecule has 25 heavy (non-hydrogen) atoms. The molecule has 0 saturated carbocycles. The second-order valence-electron chi connectivity index (χ2n) is 6.07. The van der Waals surface area contributed by atoms with Gasteiger partial charge in [-0.05, 0) is 43.9 Å². The topological polar surface area (TPSA) is 58.1 Å². The van der Waals surface area contributed by atoms with Crippen LogP contribution in [0.2, 0.25) is 0 Å². The average Bonchev–Trinajstić information content (AvgIpc) is 2.63. The number of likely N-dealkylation sites (tertiary alicyclic amines) is 1. The monoisotopic (exact) mass is 346 g/mol. The third-order valence-electron chi connectivity index (χ3n) is 4.41. The molecule has 0 aliphatic carbocycles. The number of amides is 1. The van der Waals surface area contributed by atoms with Gasteiger partial charge in [0.05, 0.1) is 5.69 Å². The van der Waals surface area contributed by atoms with Crippen LogP contribution in [-0.2, 0) is 0 Å². The van der Waals surface area contributed by atoms with Gasteiger partial charge in [0, 0.05) is 24.8 Å². The number of nitrogens with zero attached hydrogens (tertiary/aromatic N) is 3. The second kappa shape index (κ2) is 7.55. The van der Waals surface area contributed by atoms with Crippen molar-refractivity contribution in [1.82, 2.24) is 14.9 Å². The van der Waals surface area contributed by atoms with Gasteiger partial charge in [0.15, 0.2) is 0 Å². The molecule has 0 spiro atoms. The lowest BCUT2D eigenvalue weighted by molar-refractivity contribution is 0.0602. The molecule has 1 aliphatic rings. The molecular formula is C18H20F2N4O. The Labute approximate surface area is 145 Å². The molecular weight excluding hydrogens is 326 g/mol. The summed E-state index contributed by atoms with van der Waals surface area (Å²) in [5, 5.41) is 2.69. The molecule has 1 aromatic carbocycles. The van der Waals surface area contributed by atoms with E-state index in [1.54, 1.807) is 6.07 Å². The summed E-state index contributed by atoms with van der Waals surface area (Å²) >= 11 is 0. The van der Waals surface area contributed by atoms with Crippen molar-refractivity contribution in [2.45, 2.75) is 38.6 Å². The number of halogens is 2. The van der Waals surface area contributed by atoms with Crippen molar-refractivity contribution in [3.8, 4) is 0 Å². The van der Waals surface area contributed by atoms with Crippen molar-refractivity contribution < 1.29 is 13.6 Å². The molecule has 1 N–H and O–H groups in total. The summed E-state index contributed by atoms with van der Waals surface area (Å²) in [6.45, 7) is 2.79. The van der Waals surface area contributed by atoms with Crippen molar-refractivity contribution in [2.24, 2.45) is 0 Å². The molecule has 132 valence electrons. The Morgan fingerprint density at radius 2 is 2.16 bits per heavy atom. The van der Waals surface area contributed by atoms with Crippen LogP contribution in [0.4, 0.5) is 20.4 Å². The summed E-state index contributed by atoms with van der Waals surface area (Å²) in [7, 11) is 0. The minimum absolute atomic E-state index is 0.0513. The summed E-state index contributed by atoms with van der Waals surface area (Å²) in [5.41, 5.74) is 0.316. The molecule has 1 saturated heterocycles. The highest BCUT2D eigenvalue weighted by atomic mass is 19.1. The molecule has 3 rings (SSSR count). The first-order valence-corrected chi connectivity index (χ1v) is 8.44. The number of aromatic nitrogens is 2. The molecule has 2 aromatic rings. The molecule has 1 aromatic heterocycles. The maximum absolute atomic E-state index is 13.7. The lowest BCUT2D eigenvalue weighted by Gasteiger charge is -2.35. The standard InChI is InChI=1S/C18H20F2N4O/c1-2-13-5-3-4-10-24(13)17(25)16-8-9-21-18(23-16)22-15-7-6-12(19)11-14(15)20/h6-9,11,13H,2-5,10H2,1H3,(H,21,22,23). The summed E-state index contributed by atoms with van der Waals surface area (Å²) in [5.74, 6) is -1.45. The summed E-state index contributed by atoms with van der Waals surface area (Å²) in [4.78, 5) is 22.8. The fraction of sp³-hybridized carbons (Fsp3) is 0.389. The first-order chi connectivity index (χ1) is 12.1. The fourth-order valence-corrected chi connectivity index (χ4v) is 3.09. The number of nitrogens with one attached hydrogen (secondary N) is 1. The quantitative estimate of drug-likeness (QED) is 0.912. The third-order valence-corrected chi connectivity index (χ3v) is 4.41. The van der Waals surface area contributed by atoms with Crippen LogP contribution in [0.3, 0.4) is 0 Å². The summed E-state index contributed by atoms with van der Waals surface area (Å²) < 4.78 is 26.7. The molecule has 7 heteroatoms. The van der Waals surface area contributed by atoms with E-state index in [1.165, 1.54) is 12.3 Å². The van der Waals surface area contributed by atoms with E-state index in [9.17, 15) is 13.6 Å². The van der Waals surface area contributed by atoms with Crippen molar-refractivity contribution in [1.29, 1.82) is 0 Å². The zero-order valence-electron chi connectivity index (χ0n) is 14.0. The Balaban J connectivity index is 1.80. The van der Waals surface area contributed by atoms with E-state index in [-0.39, 0.29) is 29.3 Å². The van der Waals surface area contributed by atoms with Crippen molar-refractivity contribution in [2.75, 3.05) is 11.9 Å². The van der Waals surface area contributed by atoms with Crippen molar-refractivity contribution >= 4 is 17.5 Å². The number of hydrogen-bond acceptors (Lipinski definition) is 4. The molecule has 0 bridgehead atoms. The van der Waals surface area contributed by atoms with E-state index < -0.39 is 11.6 Å². The minimum atomic E-state index is -0.748. The van der Waals surface area contributed by atoms with Crippen LogP contribution in [0, 0.1) is 11.6 Å². The number of hydrogen-bond donors (Lipinski definition) is 1. The normalized spacial score (nSPS) is 17.4. The predicted molar refractivity (Wildman–Crippen MR) is 90.6 cm³/mol. The smallest absolute Gasteiger partial charge is 0.272 e. The van der Waals surface area contributed by atoms with E-state index in [0.717, 1.165) is 44.4 Å². The van der Waals surface area contributed by atoms with E-state index in [2.05, 4.69) is 22.2 Å². The predicted octanol–water partition coefficient (Wildman–Crippen LogP) is 3.90. The molecule has 1 aliphatic heterocycles. The van der Waals surface area contributed by atoms with Crippen LogP contribution in [0.5, 0.6) is 0 Å². The van der Waals surface area contributed by atoms with Gasteiger partial charge in [-0.2, -0.15) is 0 Å². The highest BCUT2D eigenvalue weighted by Crippen LogP contribution is 2.22. The number of carbonyl (C=O) groups excluding carboxylic acids is 1. The van der Waals surface area contributed by atoms with Gasteiger partial charge in [-0.25, -0.2) is 18.7 Å². The zero-order chi connectivity index (χ0) is 17.8. The Morgan fingerprint density at radius 3 is 2.92 bits per heavy atom. The number of benzene rings is 1. The van der Waals surface area contributed by atoms with Gasteiger partial charge in [0.1, 0.15) is 17.3 Å². The van der Waals surface area contributed by atoms with E-state index in [1.807, 2.05) is 4.90 Å². The van der Waals surface area contributed by atoms with Gasteiger partial charge in [-0.3, -0.25) is 4.79 Å². The van der Waals surface area contributed by atoms with E-state index >= 15 is 0 Å². The molecule has 2 heterocycles. The molecule has 5 nitrogen and oxygen atoms in total. The van der Waals surface area contributed by atoms with Crippen LogP contribution in [0.1, 0.15) is 43.1 Å². The highest BCUT2D eigenvalue weighted by Gasteiger charge is 2.27. The van der Waals surface area contributed by atoms with Crippen LogP contribution < -0.4 is 5.32 Å². The molecule has 1 unspecified atom stereocenters. The summed E-state index contributed by atoms with van der Waals surface area (Å²) in [6, 6.07) is 4.95. The highest BCUT2D eigenvalue weighted by molar-refractivity contribution is 5.92. The van der Waals surface area contributed by atoms with Gasteiger partial charge in [-0.1, -0.05) is 6.92 Å². The van der Waals surface area contributed by atoms with Gasteiger partial charge in [0.25, 0.3) is 5.91 Å². The molecule has 1 amide bonds. The van der Waals surface area contributed by atoms with Crippen LogP contribution in [0.25, 0.3) is 0 Å². The number of piperidine rings is 1. The molecule has 0 radical (unpaired) electrons. The SMILES string of the molecule is CCC1CCCCN1C(=O)c1ccnc(Nc2ccc(F)cc2F)n1. The number of rotatable bonds is 4. The third kappa shape index (κ3) is 3.92. The largest absolute Gasteiger partial charge is 0.334 e. The molecule has 1 atom stereocenters. The summed E-state index contributed by atoms with van der Waals surface area (Å²) in [6.07, 6.45) is 5.47. The molecule has 1 fully saturated rings. The van der Waals surface area contributed by atoms with Crippen molar-refractivity contribution in [3.05, 3.63) is 47.8 Å². The fourth-order valence-electron chi connectivity index (χ4n) is 3.09. The lowest BCUT2D eigenvalue weighted by atomic mass is 9.99. The Bertz CT molecular complexity index is 768. The number of anilines is 2. The van der Waals surface area contributed by atoms with Gasteiger partial charge < -0.3 is 10.2 Å². The Kier molecular flexibility index (Phi) is 5.21. The maximum Gasteiger partial charge on any atom is 0.272 e. The van der Waals surface area contributed by atoms with Crippen molar-refractivity contribution in [3.63, 3.8) is 0 Å². The van der Waals surface area contributed by atoms with E-state index in [0.29, 0.717) is 0 Å². The van der Waals surface area contributed by atoms with Crippen LogP contribution >= 0.6 is 0 Å². The zero-order valence-corrected chi connectivity index (χ0v) is 14.0. The van der Waals surface area contributed by atoms with Crippen LogP contribution in [0.15, 0.2) is 30.5 Å². The van der Waals surface area contributed by atoms with Gasteiger partial charge >= 0.3 is 0 Å². The van der Waals surface area contributed by atoms with Crippen LogP contribution in [-0.4, -0.2) is 33.4 Å². The first-order valence-electron chi connectivity index (χ1n) is 8.44. The number of carbonyl (C=O) groups is 1. The van der Waals surface area contributed by atoms with Gasteiger partial charge in [0.2, 0.25) is 5.95 Å². The van der Waals surface area contributed by atoms with E-state index in [4.69, 9.17) is 0 Å². The second-order valence-corrected chi connectivity index (χ2v) is 6.07. The lowest BCUT2D eigenvalue weighted by Crippen LogP contribution is -2.43. The average molecular weight is 346 g/mol. The first kappa shape index (κ1) is 17.3. The maximum atomic E-state index is 13.7. The van der Waals surface area contributed by atoms with Gasteiger partial charge in [-0.15, -0.1) is 0 Å². The Morgan fingerprint density at radius 1 is 1.32 bits per heavy atom.